The van der Waals surface area contributed by atoms with Gasteiger partial charge in [-0.05, 0) is 19.3 Å². The quantitative estimate of drug-likeness (QED) is 0.0344. The predicted octanol–water partition coefficient (Wildman–Crippen LogP) is 18.4. The number of hydrogen-bond donors (Lipinski definition) is 0. The minimum atomic E-state index is -0.760. The van der Waals surface area contributed by atoms with E-state index in [-0.39, 0.29) is 31.1 Å². The molecule has 0 radical (unpaired) electrons. The Morgan fingerprint density at radius 1 is 0.258 bits per heavy atom. The van der Waals surface area contributed by atoms with Crippen LogP contribution in [0.5, 0.6) is 0 Å². The van der Waals surface area contributed by atoms with Crippen molar-refractivity contribution in [3.05, 3.63) is 0 Å². The average Bonchev–Trinajstić information content (AvgIpc) is 3.27. The van der Waals surface area contributed by atoms with E-state index in [1.165, 1.54) is 225 Å². The lowest BCUT2D eigenvalue weighted by Gasteiger charge is -2.18. The van der Waals surface area contributed by atoms with Gasteiger partial charge in [0.05, 0.1) is 0 Å². The zero-order valence-corrected chi connectivity index (χ0v) is 42.2. The van der Waals surface area contributed by atoms with Gasteiger partial charge < -0.3 is 14.2 Å². The molecule has 0 aromatic carbocycles. The second kappa shape index (κ2) is 52.0. The van der Waals surface area contributed by atoms with E-state index in [0.717, 1.165) is 57.8 Å². The summed E-state index contributed by atoms with van der Waals surface area (Å²) in [6, 6.07) is 0. The molecule has 368 valence electrons. The molecule has 0 saturated carbocycles. The molecule has 0 heterocycles. The summed E-state index contributed by atoms with van der Waals surface area (Å²) in [7, 11) is 0. The normalized spacial score (nSPS) is 11.9. The lowest BCUT2D eigenvalue weighted by atomic mass is 10.0. The van der Waals surface area contributed by atoms with Crippen LogP contribution in [0.1, 0.15) is 323 Å². The van der Waals surface area contributed by atoms with Gasteiger partial charge in [0, 0.05) is 19.3 Å². The molecule has 0 aromatic rings. The number of carbonyl (C=O) groups is 3. The van der Waals surface area contributed by atoms with Gasteiger partial charge in [0.15, 0.2) is 6.10 Å². The molecule has 0 fully saturated rings. The zero-order valence-electron chi connectivity index (χ0n) is 42.2. The second-order valence-corrected chi connectivity index (χ2v) is 19.2. The monoisotopic (exact) mass is 877 g/mol. The third kappa shape index (κ3) is 49.4. The molecule has 1 atom stereocenters. The van der Waals surface area contributed by atoms with Crippen LogP contribution in [-0.2, 0) is 28.6 Å². The van der Waals surface area contributed by atoms with E-state index < -0.39 is 6.10 Å². The van der Waals surface area contributed by atoms with E-state index in [1.54, 1.807) is 0 Å². The summed E-state index contributed by atoms with van der Waals surface area (Å²) >= 11 is 0. The van der Waals surface area contributed by atoms with Crippen molar-refractivity contribution >= 4 is 17.9 Å². The molecule has 0 N–H and O–H groups in total. The molecule has 6 nitrogen and oxygen atoms in total. The first kappa shape index (κ1) is 60.4. The van der Waals surface area contributed by atoms with Crippen molar-refractivity contribution in [2.45, 2.75) is 329 Å². The summed E-state index contributed by atoms with van der Waals surface area (Å²) in [4.78, 5) is 38.1. The molecular formula is C56H108O6. The van der Waals surface area contributed by atoms with Crippen LogP contribution in [0.4, 0.5) is 0 Å². The average molecular weight is 877 g/mol. The van der Waals surface area contributed by atoms with Crippen molar-refractivity contribution in [3.8, 4) is 0 Å². The van der Waals surface area contributed by atoms with E-state index in [9.17, 15) is 14.4 Å². The molecule has 6 heteroatoms. The van der Waals surface area contributed by atoms with E-state index in [2.05, 4.69) is 20.8 Å². The van der Waals surface area contributed by atoms with Gasteiger partial charge in [-0.1, -0.05) is 284 Å². The fourth-order valence-electron chi connectivity index (χ4n) is 8.62. The van der Waals surface area contributed by atoms with Gasteiger partial charge >= 0.3 is 17.9 Å². The summed E-state index contributed by atoms with van der Waals surface area (Å²) in [5, 5.41) is 0. The van der Waals surface area contributed by atoms with Gasteiger partial charge in [0.2, 0.25) is 0 Å². The molecule has 0 rings (SSSR count). The largest absolute Gasteiger partial charge is 0.462 e. The maximum Gasteiger partial charge on any atom is 0.306 e. The molecule has 0 aromatic heterocycles. The molecule has 0 unspecified atom stereocenters. The van der Waals surface area contributed by atoms with E-state index >= 15 is 0 Å². The Morgan fingerprint density at radius 3 is 0.645 bits per heavy atom. The Bertz CT molecular complexity index is 920. The van der Waals surface area contributed by atoms with Crippen LogP contribution < -0.4 is 0 Å². The molecule has 0 aliphatic rings. The Balaban J connectivity index is 4.29. The Morgan fingerprint density at radius 2 is 0.435 bits per heavy atom. The third-order valence-corrected chi connectivity index (χ3v) is 12.9. The fourth-order valence-corrected chi connectivity index (χ4v) is 8.62. The van der Waals surface area contributed by atoms with Crippen LogP contribution in [0.3, 0.4) is 0 Å². The zero-order chi connectivity index (χ0) is 45.1. The third-order valence-electron chi connectivity index (χ3n) is 12.9. The van der Waals surface area contributed by atoms with Crippen LogP contribution in [-0.4, -0.2) is 37.2 Å². The van der Waals surface area contributed by atoms with Gasteiger partial charge in [-0.15, -0.1) is 0 Å². The minimum absolute atomic E-state index is 0.0612. The predicted molar refractivity (Wildman–Crippen MR) is 266 cm³/mol. The number of hydrogen-bond acceptors (Lipinski definition) is 6. The fraction of sp³-hybridized carbons (Fsp3) is 0.946. The van der Waals surface area contributed by atoms with Gasteiger partial charge in [-0.25, -0.2) is 0 Å². The summed E-state index contributed by atoms with van der Waals surface area (Å²) in [6.45, 7) is 6.70. The summed E-state index contributed by atoms with van der Waals surface area (Å²) < 4.78 is 16.9. The van der Waals surface area contributed by atoms with E-state index in [0.29, 0.717) is 19.3 Å². The maximum atomic E-state index is 12.8. The number of carbonyl (C=O) groups excluding carboxylic acids is 3. The highest BCUT2D eigenvalue weighted by atomic mass is 16.6. The molecule has 62 heavy (non-hydrogen) atoms. The van der Waals surface area contributed by atoms with Crippen LogP contribution in [0, 0.1) is 0 Å². The molecule has 0 aliphatic carbocycles. The summed E-state index contributed by atoms with van der Waals surface area (Å²) in [5.74, 6) is -0.834. The standard InChI is InChI=1S/C56H108O6/c1-4-7-10-13-16-19-22-25-27-29-32-35-38-41-44-47-50-56(59)62-53(51-60-54(57)48-45-42-39-36-33-30-24-21-18-15-12-9-6-3)52-61-55(58)49-46-43-40-37-34-31-28-26-23-20-17-14-11-8-5-2/h53H,4-52H2,1-3H3/t53-/m1/s1. The maximum absolute atomic E-state index is 12.8. The molecule has 0 aliphatic heterocycles. The van der Waals surface area contributed by atoms with Gasteiger partial charge in [0.25, 0.3) is 0 Å². The summed E-state index contributed by atoms with van der Waals surface area (Å²) in [6.07, 6.45) is 56.5. The molecule has 0 amide bonds. The highest BCUT2D eigenvalue weighted by Gasteiger charge is 2.19. The van der Waals surface area contributed by atoms with Crippen molar-refractivity contribution < 1.29 is 28.6 Å². The highest BCUT2D eigenvalue weighted by molar-refractivity contribution is 5.71. The SMILES string of the molecule is CCCCCCCCCCCCCCCCCCC(=O)O[C@H](COC(=O)CCCCCCCCCCCCCCC)COC(=O)CCCCCCCCCCCCCCCCC. The van der Waals surface area contributed by atoms with Crippen molar-refractivity contribution in [2.24, 2.45) is 0 Å². The van der Waals surface area contributed by atoms with Gasteiger partial charge in [-0.2, -0.15) is 0 Å². The highest BCUT2D eigenvalue weighted by Crippen LogP contribution is 2.17. The van der Waals surface area contributed by atoms with Crippen molar-refractivity contribution in [1.82, 2.24) is 0 Å². The first-order valence-electron chi connectivity index (χ1n) is 28.0. The second-order valence-electron chi connectivity index (χ2n) is 19.2. The Labute approximate surface area is 387 Å². The Kier molecular flexibility index (Phi) is 50.7. The number of unbranched alkanes of at least 4 members (excludes halogenated alkanes) is 41. The minimum Gasteiger partial charge on any atom is -0.462 e. The first-order chi connectivity index (χ1) is 30.5. The van der Waals surface area contributed by atoms with Crippen molar-refractivity contribution in [1.29, 1.82) is 0 Å². The van der Waals surface area contributed by atoms with Crippen LogP contribution >= 0.6 is 0 Å². The Hall–Kier alpha value is -1.59. The topological polar surface area (TPSA) is 78.9 Å². The van der Waals surface area contributed by atoms with Gasteiger partial charge in [-0.3, -0.25) is 14.4 Å². The lowest BCUT2D eigenvalue weighted by Crippen LogP contribution is -2.30. The van der Waals surface area contributed by atoms with E-state index in [4.69, 9.17) is 14.2 Å². The van der Waals surface area contributed by atoms with E-state index in [1.807, 2.05) is 0 Å². The van der Waals surface area contributed by atoms with Crippen molar-refractivity contribution in [3.63, 3.8) is 0 Å². The van der Waals surface area contributed by atoms with Crippen LogP contribution in [0.25, 0.3) is 0 Å². The number of rotatable bonds is 52. The van der Waals surface area contributed by atoms with Crippen LogP contribution in [0.2, 0.25) is 0 Å². The smallest absolute Gasteiger partial charge is 0.306 e. The van der Waals surface area contributed by atoms with Crippen molar-refractivity contribution in [2.75, 3.05) is 13.2 Å². The van der Waals surface area contributed by atoms with Gasteiger partial charge in [0.1, 0.15) is 13.2 Å². The first-order valence-corrected chi connectivity index (χ1v) is 28.0. The number of esters is 3. The molecule has 0 spiro atoms. The molecule has 0 bridgehead atoms. The molecule has 0 saturated heterocycles. The molecular weight excluding hydrogens is 769 g/mol. The number of ether oxygens (including phenoxy) is 3. The van der Waals surface area contributed by atoms with Crippen LogP contribution in [0.15, 0.2) is 0 Å². The lowest BCUT2D eigenvalue weighted by molar-refractivity contribution is -0.167. The summed E-state index contributed by atoms with van der Waals surface area (Å²) in [5.41, 5.74) is 0.